The van der Waals surface area contributed by atoms with Crippen LogP contribution in [0.1, 0.15) is 16.1 Å². The van der Waals surface area contributed by atoms with Crippen LogP contribution in [0.5, 0.6) is 5.88 Å². The number of hydrogen-bond acceptors (Lipinski definition) is 8. The highest BCUT2D eigenvalue weighted by molar-refractivity contribution is 6.05. The van der Waals surface area contributed by atoms with Gasteiger partial charge in [-0.3, -0.25) is 18.7 Å². The van der Waals surface area contributed by atoms with Crippen LogP contribution in [0.3, 0.4) is 0 Å². The summed E-state index contributed by atoms with van der Waals surface area (Å²) in [5, 5.41) is 13.2. The van der Waals surface area contributed by atoms with E-state index in [1.807, 2.05) is 0 Å². The number of carbonyl (C=O) groups is 1. The molecule has 34 heavy (non-hydrogen) atoms. The smallest absolute Gasteiger partial charge is 0.434 e. The quantitative estimate of drug-likeness (QED) is 0.458. The van der Waals surface area contributed by atoms with Crippen LogP contribution < -0.4 is 21.3 Å². The van der Waals surface area contributed by atoms with Crippen molar-refractivity contribution in [1.29, 1.82) is 0 Å². The number of ether oxygens (including phenoxy) is 1. The minimum atomic E-state index is -4.97. The highest BCUT2D eigenvalue weighted by atomic mass is 19.4. The summed E-state index contributed by atoms with van der Waals surface area (Å²) in [5.41, 5.74) is -3.46. The van der Waals surface area contributed by atoms with E-state index in [9.17, 15) is 27.6 Å². The average Bonchev–Trinajstić information content (AvgIpc) is 3.27. The van der Waals surface area contributed by atoms with Crippen LogP contribution in [0.4, 0.5) is 18.9 Å². The van der Waals surface area contributed by atoms with E-state index in [-0.39, 0.29) is 28.4 Å². The Kier molecular flexibility index (Phi) is 5.39. The summed E-state index contributed by atoms with van der Waals surface area (Å²) < 4.78 is 48.8. The summed E-state index contributed by atoms with van der Waals surface area (Å²) in [4.78, 5) is 41.2. The molecule has 15 heteroatoms. The molecular weight excluding hydrogens is 461 g/mol. The van der Waals surface area contributed by atoms with Crippen molar-refractivity contribution in [3.63, 3.8) is 0 Å². The van der Waals surface area contributed by atoms with Crippen molar-refractivity contribution >= 4 is 22.6 Å². The van der Waals surface area contributed by atoms with Crippen LogP contribution >= 0.6 is 0 Å². The molecule has 4 rings (SSSR count). The zero-order valence-electron chi connectivity index (χ0n) is 17.8. The van der Waals surface area contributed by atoms with Gasteiger partial charge in [-0.05, 0) is 12.1 Å². The first-order valence-corrected chi connectivity index (χ1v) is 9.43. The topological polar surface area (TPSA) is 139 Å². The third-order valence-corrected chi connectivity index (χ3v) is 4.89. The number of aryl methyl sites for hydroxylation is 1. The predicted octanol–water partition coefficient (Wildman–Crippen LogP) is 0.888. The Labute approximate surface area is 187 Å². The molecule has 1 N–H and O–H groups in total. The standard InChI is InChI=1S/C19H15F3N8O4/c1-28-15-10(17(32)29(2)18(28)33)6-9(7-23-15)25-16(31)11-8-24-30(14(11)19(20,21)22)12-4-5-13(34-3)27-26-12/h4-8H,1-3H3,(H,25,31). The van der Waals surface area contributed by atoms with Crippen molar-refractivity contribution in [2.75, 3.05) is 12.4 Å². The van der Waals surface area contributed by atoms with E-state index in [4.69, 9.17) is 4.74 Å². The number of nitrogens with zero attached hydrogens (tertiary/aromatic N) is 7. The van der Waals surface area contributed by atoms with Gasteiger partial charge in [0.05, 0.1) is 36.1 Å². The molecule has 12 nitrogen and oxygen atoms in total. The number of carbonyl (C=O) groups excluding carboxylic acids is 1. The van der Waals surface area contributed by atoms with Crippen LogP contribution in [0.25, 0.3) is 16.9 Å². The molecule has 0 radical (unpaired) electrons. The molecule has 4 aromatic heterocycles. The highest BCUT2D eigenvalue weighted by Gasteiger charge is 2.41. The summed E-state index contributed by atoms with van der Waals surface area (Å²) in [6.07, 6.45) is -3.12. The van der Waals surface area contributed by atoms with E-state index >= 15 is 0 Å². The molecule has 0 aliphatic heterocycles. The molecule has 4 heterocycles. The third kappa shape index (κ3) is 3.76. The minimum absolute atomic E-state index is 0.0114. The number of fused-ring (bicyclic) bond motifs is 1. The molecular formula is C19H15F3N8O4. The summed E-state index contributed by atoms with van der Waals surface area (Å²) in [7, 11) is 3.99. The summed E-state index contributed by atoms with van der Waals surface area (Å²) in [6, 6.07) is 3.70. The number of aromatic nitrogens is 7. The van der Waals surface area contributed by atoms with Crippen LogP contribution in [-0.2, 0) is 20.3 Å². The molecule has 176 valence electrons. The van der Waals surface area contributed by atoms with Crippen molar-refractivity contribution in [3.8, 4) is 11.7 Å². The minimum Gasteiger partial charge on any atom is -0.480 e. The normalized spacial score (nSPS) is 11.6. The lowest BCUT2D eigenvalue weighted by atomic mass is 10.2. The van der Waals surface area contributed by atoms with Crippen molar-refractivity contribution < 1.29 is 22.7 Å². The van der Waals surface area contributed by atoms with Gasteiger partial charge in [0.15, 0.2) is 11.5 Å². The maximum atomic E-state index is 13.9. The average molecular weight is 476 g/mol. The van der Waals surface area contributed by atoms with Crippen LogP contribution in [0, 0.1) is 0 Å². The van der Waals surface area contributed by atoms with E-state index in [0.29, 0.717) is 4.68 Å². The number of halogens is 3. The third-order valence-electron chi connectivity index (χ3n) is 4.89. The Morgan fingerprint density at radius 2 is 1.82 bits per heavy atom. The molecule has 0 aliphatic rings. The van der Waals surface area contributed by atoms with Gasteiger partial charge in [0.2, 0.25) is 5.88 Å². The lowest BCUT2D eigenvalue weighted by Gasteiger charge is -2.12. The lowest BCUT2D eigenvalue weighted by Crippen LogP contribution is -2.37. The van der Waals surface area contributed by atoms with E-state index in [2.05, 4.69) is 25.6 Å². The Morgan fingerprint density at radius 1 is 1.09 bits per heavy atom. The summed E-state index contributed by atoms with van der Waals surface area (Å²) in [6.45, 7) is 0. The van der Waals surface area contributed by atoms with Crippen molar-refractivity contribution in [2.24, 2.45) is 14.1 Å². The number of nitrogens with one attached hydrogen (secondary N) is 1. The van der Waals surface area contributed by atoms with Gasteiger partial charge in [0, 0.05) is 20.2 Å². The Hall–Kier alpha value is -4.56. The van der Waals surface area contributed by atoms with Gasteiger partial charge in [0.25, 0.3) is 11.5 Å². The second-order valence-corrected chi connectivity index (χ2v) is 7.01. The maximum absolute atomic E-state index is 13.9. The zero-order chi connectivity index (χ0) is 24.8. The summed E-state index contributed by atoms with van der Waals surface area (Å²) >= 11 is 0. The van der Waals surface area contributed by atoms with E-state index in [1.54, 1.807) is 0 Å². The maximum Gasteiger partial charge on any atom is 0.434 e. The monoisotopic (exact) mass is 476 g/mol. The SMILES string of the molecule is COc1ccc(-n2ncc(C(=O)Nc3cnc4c(c3)c(=O)n(C)c(=O)n4C)c2C(F)(F)F)nn1. The lowest BCUT2D eigenvalue weighted by molar-refractivity contribution is -0.143. The Balaban J connectivity index is 1.75. The molecule has 0 aliphatic carbocycles. The van der Waals surface area contributed by atoms with Crippen LogP contribution in [0.2, 0.25) is 0 Å². The van der Waals surface area contributed by atoms with Crippen LogP contribution in [0.15, 0.2) is 40.2 Å². The first-order chi connectivity index (χ1) is 16.0. The fourth-order valence-corrected chi connectivity index (χ4v) is 3.23. The number of amides is 1. The van der Waals surface area contributed by atoms with Crippen molar-refractivity contribution in [3.05, 3.63) is 62.7 Å². The number of methoxy groups -OCH3 is 1. The molecule has 4 aromatic rings. The number of hydrogen-bond donors (Lipinski definition) is 1. The van der Waals surface area contributed by atoms with Gasteiger partial charge < -0.3 is 10.1 Å². The van der Waals surface area contributed by atoms with Gasteiger partial charge in [-0.2, -0.15) is 18.3 Å². The highest BCUT2D eigenvalue weighted by Crippen LogP contribution is 2.33. The summed E-state index contributed by atoms with van der Waals surface area (Å²) in [5.74, 6) is -1.36. The molecule has 0 saturated carbocycles. The van der Waals surface area contributed by atoms with Crippen LogP contribution in [-0.4, -0.2) is 47.1 Å². The van der Waals surface area contributed by atoms with Gasteiger partial charge in [-0.25, -0.2) is 14.5 Å². The molecule has 0 atom stereocenters. The van der Waals surface area contributed by atoms with E-state index in [1.165, 1.54) is 39.4 Å². The molecule has 0 unspecified atom stereocenters. The molecule has 0 spiro atoms. The van der Waals surface area contributed by atoms with Gasteiger partial charge in [-0.15, -0.1) is 10.2 Å². The fourth-order valence-electron chi connectivity index (χ4n) is 3.23. The van der Waals surface area contributed by atoms with E-state index < -0.39 is 34.6 Å². The van der Waals surface area contributed by atoms with E-state index in [0.717, 1.165) is 21.5 Å². The Bertz CT molecular complexity index is 1540. The van der Waals surface area contributed by atoms with Gasteiger partial charge in [0.1, 0.15) is 5.65 Å². The number of rotatable bonds is 4. The number of anilines is 1. The molecule has 0 bridgehead atoms. The first-order valence-electron chi connectivity index (χ1n) is 9.43. The number of pyridine rings is 1. The fraction of sp³-hybridized carbons (Fsp3) is 0.211. The largest absolute Gasteiger partial charge is 0.480 e. The first kappa shape index (κ1) is 22.6. The predicted molar refractivity (Wildman–Crippen MR) is 111 cm³/mol. The van der Waals surface area contributed by atoms with Gasteiger partial charge in [-0.1, -0.05) is 0 Å². The molecule has 0 aromatic carbocycles. The second kappa shape index (κ2) is 8.09. The molecule has 1 amide bonds. The Morgan fingerprint density at radius 3 is 2.44 bits per heavy atom. The van der Waals surface area contributed by atoms with Gasteiger partial charge >= 0.3 is 11.9 Å². The van der Waals surface area contributed by atoms with Crippen molar-refractivity contribution in [1.82, 2.24) is 34.1 Å². The zero-order valence-corrected chi connectivity index (χ0v) is 17.8. The second-order valence-electron chi connectivity index (χ2n) is 7.01. The number of alkyl halides is 3. The molecule has 0 fully saturated rings. The molecule has 0 saturated heterocycles. The van der Waals surface area contributed by atoms with Crippen molar-refractivity contribution in [2.45, 2.75) is 6.18 Å².